The van der Waals surface area contributed by atoms with Crippen molar-refractivity contribution < 1.29 is 13.2 Å². The summed E-state index contributed by atoms with van der Waals surface area (Å²) in [5, 5.41) is 3.18. The minimum absolute atomic E-state index is 0.326. The molecule has 1 aromatic carbocycles. The van der Waals surface area contributed by atoms with Gasteiger partial charge in [0.1, 0.15) is 0 Å². The maximum Gasteiger partial charge on any atom is 0.416 e. The third kappa shape index (κ3) is 3.24. The normalized spacial score (nSPS) is 18.0. The maximum atomic E-state index is 12.9. The van der Waals surface area contributed by atoms with E-state index in [0.29, 0.717) is 16.6 Å². The van der Waals surface area contributed by atoms with Crippen molar-refractivity contribution in [3.63, 3.8) is 0 Å². The fourth-order valence-corrected chi connectivity index (χ4v) is 2.57. The summed E-state index contributed by atoms with van der Waals surface area (Å²) in [7, 11) is 0. The van der Waals surface area contributed by atoms with Gasteiger partial charge in [0, 0.05) is 37.2 Å². The Balaban J connectivity index is 2.25. The van der Waals surface area contributed by atoms with Gasteiger partial charge in [-0.1, -0.05) is 22.0 Å². The van der Waals surface area contributed by atoms with Crippen LogP contribution in [-0.4, -0.2) is 31.1 Å². The number of nitrogens with one attached hydrogen (secondary N) is 1. The maximum absolute atomic E-state index is 12.9. The molecule has 100 valence electrons. The molecule has 1 aliphatic heterocycles. The number of hydrogen-bond donors (Lipinski definition) is 1. The van der Waals surface area contributed by atoms with Crippen LogP contribution in [-0.2, 0) is 12.7 Å². The minimum Gasteiger partial charge on any atom is -0.314 e. The Bertz CT molecular complexity index is 414. The molecular weight excluding hydrogens is 309 g/mol. The van der Waals surface area contributed by atoms with Crippen molar-refractivity contribution in [2.24, 2.45) is 0 Å². The molecular formula is C12H14BrF3N2. The predicted molar refractivity (Wildman–Crippen MR) is 67.3 cm³/mol. The summed E-state index contributed by atoms with van der Waals surface area (Å²) in [6.07, 6.45) is -4.30. The lowest BCUT2D eigenvalue weighted by Crippen LogP contribution is -2.43. The molecule has 0 spiro atoms. The first kappa shape index (κ1) is 13.8. The van der Waals surface area contributed by atoms with Gasteiger partial charge < -0.3 is 5.32 Å². The fourth-order valence-electron chi connectivity index (χ4n) is 2.08. The molecule has 6 heteroatoms. The van der Waals surface area contributed by atoms with Gasteiger partial charge in [0.15, 0.2) is 0 Å². The number of alkyl halides is 3. The average molecular weight is 323 g/mol. The monoisotopic (exact) mass is 322 g/mol. The molecule has 1 heterocycles. The highest BCUT2D eigenvalue weighted by Gasteiger charge is 2.34. The van der Waals surface area contributed by atoms with E-state index in [-0.39, 0.29) is 0 Å². The molecule has 1 fully saturated rings. The number of benzene rings is 1. The lowest BCUT2D eigenvalue weighted by molar-refractivity contribution is -0.138. The summed E-state index contributed by atoms with van der Waals surface area (Å²) in [6.45, 7) is 3.53. The Kier molecular flexibility index (Phi) is 4.29. The summed E-state index contributed by atoms with van der Waals surface area (Å²) < 4.78 is 39.3. The van der Waals surface area contributed by atoms with Crippen molar-refractivity contribution in [3.8, 4) is 0 Å². The molecule has 0 bridgehead atoms. The SMILES string of the molecule is FC(F)(F)c1cccc(Br)c1CN1CCNCC1. The van der Waals surface area contributed by atoms with Crippen LogP contribution in [0, 0.1) is 0 Å². The molecule has 0 atom stereocenters. The summed E-state index contributed by atoms with van der Waals surface area (Å²) in [6, 6.07) is 4.23. The first-order valence-corrected chi connectivity index (χ1v) is 6.55. The van der Waals surface area contributed by atoms with Crippen LogP contribution in [0.1, 0.15) is 11.1 Å². The van der Waals surface area contributed by atoms with Gasteiger partial charge in [0.2, 0.25) is 0 Å². The van der Waals surface area contributed by atoms with E-state index in [4.69, 9.17) is 0 Å². The second-order valence-corrected chi connectivity index (χ2v) is 5.14. The molecule has 0 aromatic heterocycles. The van der Waals surface area contributed by atoms with E-state index in [2.05, 4.69) is 21.2 Å². The highest BCUT2D eigenvalue weighted by atomic mass is 79.9. The average Bonchev–Trinajstić information content (AvgIpc) is 2.32. The highest BCUT2D eigenvalue weighted by Crippen LogP contribution is 2.35. The third-order valence-electron chi connectivity index (χ3n) is 3.02. The van der Waals surface area contributed by atoms with Gasteiger partial charge >= 0.3 is 6.18 Å². The standard InChI is InChI=1S/C12H14BrF3N2/c13-11-3-1-2-10(12(14,15)16)9(11)8-18-6-4-17-5-7-18/h1-3,17H,4-8H2. The van der Waals surface area contributed by atoms with Crippen LogP contribution >= 0.6 is 15.9 Å². The summed E-state index contributed by atoms with van der Waals surface area (Å²) in [5.74, 6) is 0. The second-order valence-electron chi connectivity index (χ2n) is 4.29. The van der Waals surface area contributed by atoms with Crippen LogP contribution in [0.4, 0.5) is 13.2 Å². The summed E-state index contributed by atoms with van der Waals surface area (Å²) in [4.78, 5) is 2.03. The van der Waals surface area contributed by atoms with Crippen LogP contribution in [0.5, 0.6) is 0 Å². The zero-order chi connectivity index (χ0) is 13.2. The van der Waals surface area contributed by atoms with Gasteiger partial charge in [0.25, 0.3) is 0 Å². The van der Waals surface area contributed by atoms with E-state index in [1.165, 1.54) is 6.07 Å². The Hall–Kier alpha value is -0.590. The van der Waals surface area contributed by atoms with E-state index in [1.54, 1.807) is 6.07 Å². The highest BCUT2D eigenvalue weighted by molar-refractivity contribution is 9.10. The van der Waals surface area contributed by atoms with E-state index in [0.717, 1.165) is 32.2 Å². The number of rotatable bonds is 2. The zero-order valence-electron chi connectivity index (χ0n) is 9.73. The molecule has 2 nitrogen and oxygen atoms in total. The molecule has 0 unspecified atom stereocenters. The largest absolute Gasteiger partial charge is 0.416 e. The Morgan fingerprint density at radius 3 is 2.50 bits per heavy atom. The predicted octanol–water partition coefficient (Wildman–Crippen LogP) is 2.87. The van der Waals surface area contributed by atoms with Gasteiger partial charge in [-0.05, 0) is 17.7 Å². The minimum atomic E-state index is -4.30. The van der Waals surface area contributed by atoms with Crippen LogP contribution in [0.15, 0.2) is 22.7 Å². The van der Waals surface area contributed by atoms with Crippen molar-refractivity contribution in [2.75, 3.05) is 26.2 Å². The van der Waals surface area contributed by atoms with Gasteiger partial charge in [-0.2, -0.15) is 13.2 Å². The molecule has 2 rings (SSSR count). The van der Waals surface area contributed by atoms with E-state index in [1.807, 2.05) is 4.90 Å². The molecule has 1 N–H and O–H groups in total. The second kappa shape index (κ2) is 5.59. The van der Waals surface area contributed by atoms with Gasteiger partial charge in [-0.15, -0.1) is 0 Å². The van der Waals surface area contributed by atoms with Gasteiger partial charge in [0.05, 0.1) is 5.56 Å². The molecule has 0 radical (unpaired) electrons. The third-order valence-corrected chi connectivity index (χ3v) is 3.76. The zero-order valence-corrected chi connectivity index (χ0v) is 11.3. The van der Waals surface area contributed by atoms with Crippen LogP contribution in [0.2, 0.25) is 0 Å². The van der Waals surface area contributed by atoms with E-state index >= 15 is 0 Å². The van der Waals surface area contributed by atoms with Gasteiger partial charge in [-0.25, -0.2) is 0 Å². The number of piperazine rings is 1. The molecule has 1 saturated heterocycles. The van der Waals surface area contributed by atoms with Crippen LogP contribution < -0.4 is 5.32 Å². The fraction of sp³-hybridized carbons (Fsp3) is 0.500. The Morgan fingerprint density at radius 1 is 1.22 bits per heavy atom. The molecule has 0 saturated carbocycles. The number of halogens is 4. The lowest BCUT2D eigenvalue weighted by atomic mass is 10.1. The number of nitrogens with zero attached hydrogens (tertiary/aromatic N) is 1. The quantitative estimate of drug-likeness (QED) is 0.900. The van der Waals surface area contributed by atoms with Crippen molar-refractivity contribution >= 4 is 15.9 Å². The van der Waals surface area contributed by atoms with Gasteiger partial charge in [-0.3, -0.25) is 4.90 Å². The Morgan fingerprint density at radius 2 is 1.89 bits per heavy atom. The first-order chi connectivity index (χ1) is 8.48. The van der Waals surface area contributed by atoms with E-state index in [9.17, 15) is 13.2 Å². The lowest BCUT2D eigenvalue weighted by Gasteiger charge is -2.28. The Labute approximate surface area is 112 Å². The molecule has 0 aliphatic carbocycles. The van der Waals surface area contributed by atoms with Crippen LogP contribution in [0.25, 0.3) is 0 Å². The molecule has 1 aliphatic rings. The van der Waals surface area contributed by atoms with Crippen molar-refractivity contribution in [1.82, 2.24) is 10.2 Å². The first-order valence-electron chi connectivity index (χ1n) is 5.76. The summed E-state index contributed by atoms with van der Waals surface area (Å²) in [5.41, 5.74) is -0.220. The topological polar surface area (TPSA) is 15.3 Å². The van der Waals surface area contributed by atoms with Crippen LogP contribution in [0.3, 0.4) is 0 Å². The van der Waals surface area contributed by atoms with Crippen molar-refractivity contribution in [3.05, 3.63) is 33.8 Å². The molecule has 18 heavy (non-hydrogen) atoms. The molecule has 0 amide bonds. The smallest absolute Gasteiger partial charge is 0.314 e. The molecule has 1 aromatic rings. The number of hydrogen-bond acceptors (Lipinski definition) is 2. The van der Waals surface area contributed by atoms with Crippen molar-refractivity contribution in [2.45, 2.75) is 12.7 Å². The van der Waals surface area contributed by atoms with Crippen molar-refractivity contribution in [1.29, 1.82) is 0 Å². The summed E-state index contributed by atoms with van der Waals surface area (Å²) >= 11 is 3.22. The van der Waals surface area contributed by atoms with E-state index < -0.39 is 11.7 Å².